The van der Waals surface area contributed by atoms with Crippen molar-refractivity contribution in [1.29, 1.82) is 0 Å². The minimum atomic E-state index is -0.593. The smallest absolute Gasteiger partial charge is 0.242 e. The van der Waals surface area contributed by atoms with Gasteiger partial charge in [-0.05, 0) is 18.1 Å². The van der Waals surface area contributed by atoms with Crippen LogP contribution in [0.1, 0.15) is 18.7 Å². The molecule has 0 saturated heterocycles. The van der Waals surface area contributed by atoms with Crippen LogP contribution in [-0.2, 0) is 16.1 Å². The lowest BCUT2D eigenvalue weighted by Gasteiger charge is -2.19. The first kappa shape index (κ1) is 20.2. The number of likely N-dealkylation sites (N-methyl/N-ethyl adjacent to an activating group) is 1. The molecule has 0 radical (unpaired) electrons. The number of rotatable bonds is 6. The molecule has 2 amide bonds. The minimum Gasteiger partial charge on any atom is -0.346 e. The third-order valence-electron chi connectivity index (χ3n) is 2.88. The molecule has 0 fully saturated rings. The van der Waals surface area contributed by atoms with Gasteiger partial charge in [0.15, 0.2) is 0 Å². The van der Waals surface area contributed by atoms with E-state index >= 15 is 0 Å². The highest BCUT2D eigenvalue weighted by atomic mass is 35.5. The summed E-state index contributed by atoms with van der Waals surface area (Å²) in [5.74, 6) is -0.434. The molecule has 3 N–H and O–H groups in total. The van der Waals surface area contributed by atoms with Crippen molar-refractivity contribution in [3.63, 3.8) is 0 Å². The van der Waals surface area contributed by atoms with Gasteiger partial charge < -0.3 is 16.0 Å². The van der Waals surface area contributed by atoms with Crippen molar-refractivity contribution in [3.05, 3.63) is 21.3 Å². The summed E-state index contributed by atoms with van der Waals surface area (Å²) in [5.41, 5.74) is 5.70. The summed E-state index contributed by atoms with van der Waals surface area (Å²) in [6, 6.07) is 3.08. The summed E-state index contributed by atoms with van der Waals surface area (Å²) in [4.78, 5) is 26.1. The predicted octanol–water partition coefficient (Wildman–Crippen LogP) is 1.88. The molecule has 1 rings (SSSR count). The van der Waals surface area contributed by atoms with Crippen LogP contribution < -0.4 is 11.1 Å². The lowest BCUT2D eigenvalue weighted by Crippen LogP contribution is -2.47. The largest absolute Gasteiger partial charge is 0.346 e. The van der Waals surface area contributed by atoms with Gasteiger partial charge in [0.2, 0.25) is 11.8 Å². The van der Waals surface area contributed by atoms with E-state index in [1.807, 2.05) is 19.9 Å². The molecular weight excluding hydrogens is 333 g/mol. The Morgan fingerprint density at radius 2 is 2.05 bits per heavy atom. The minimum absolute atomic E-state index is 0. The van der Waals surface area contributed by atoms with Crippen molar-refractivity contribution < 1.29 is 9.59 Å². The molecule has 0 aliphatic rings. The quantitative estimate of drug-likeness (QED) is 0.819. The topological polar surface area (TPSA) is 75.4 Å². The van der Waals surface area contributed by atoms with Crippen molar-refractivity contribution >= 4 is 47.2 Å². The molecule has 0 aliphatic carbocycles. The number of nitrogens with two attached hydrogens (primary N) is 1. The van der Waals surface area contributed by atoms with Crippen LogP contribution in [0.4, 0.5) is 0 Å². The van der Waals surface area contributed by atoms with E-state index in [-0.39, 0.29) is 36.7 Å². The van der Waals surface area contributed by atoms with Gasteiger partial charge in [-0.3, -0.25) is 9.59 Å². The molecule has 120 valence electrons. The molecule has 1 atom stereocenters. The van der Waals surface area contributed by atoms with E-state index in [0.29, 0.717) is 10.9 Å². The van der Waals surface area contributed by atoms with Crippen molar-refractivity contribution in [2.24, 2.45) is 11.7 Å². The summed E-state index contributed by atoms with van der Waals surface area (Å²) >= 11 is 7.27. The predicted molar refractivity (Wildman–Crippen MR) is 88.9 cm³/mol. The second-order valence-corrected chi connectivity index (χ2v) is 6.74. The number of halogens is 2. The van der Waals surface area contributed by atoms with E-state index in [1.165, 1.54) is 11.3 Å². The van der Waals surface area contributed by atoms with Crippen LogP contribution in [0.15, 0.2) is 12.1 Å². The van der Waals surface area contributed by atoms with Gasteiger partial charge >= 0.3 is 0 Å². The van der Waals surface area contributed by atoms with Crippen molar-refractivity contribution in [2.45, 2.75) is 26.4 Å². The first-order valence-corrected chi connectivity index (χ1v) is 7.52. The molecule has 0 bridgehead atoms. The molecule has 0 aromatic carbocycles. The average molecular weight is 354 g/mol. The van der Waals surface area contributed by atoms with Gasteiger partial charge in [-0.1, -0.05) is 25.4 Å². The van der Waals surface area contributed by atoms with Gasteiger partial charge in [0.1, 0.15) is 0 Å². The molecule has 0 aliphatic heterocycles. The van der Waals surface area contributed by atoms with Crippen LogP contribution in [0.25, 0.3) is 0 Å². The normalized spacial score (nSPS) is 11.7. The Bertz CT molecular complexity index is 480. The van der Waals surface area contributed by atoms with Gasteiger partial charge in [-0.15, -0.1) is 23.7 Å². The molecule has 0 saturated carbocycles. The molecule has 5 nitrogen and oxygen atoms in total. The van der Waals surface area contributed by atoms with E-state index in [0.717, 1.165) is 4.88 Å². The summed E-state index contributed by atoms with van der Waals surface area (Å²) < 4.78 is 0.692. The molecule has 1 heterocycles. The molecule has 1 aromatic rings. The Hall–Kier alpha value is -0.820. The van der Waals surface area contributed by atoms with Gasteiger partial charge in [-0.2, -0.15) is 0 Å². The Kier molecular flexibility index (Phi) is 8.89. The van der Waals surface area contributed by atoms with Gasteiger partial charge in [0.05, 0.1) is 23.5 Å². The van der Waals surface area contributed by atoms with E-state index in [1.54, 1.807) is 18.0 Å². The molecule has 0 unspecified atom stereocenters. The lowest BCUT2D eigenvalue weighted by molar-refractivity contribution is -0.132. The van der Waals surface area contributed by atoms with Gasteiger partial charge in [0.25, 0.3) is 0 Å². The maximum Gasteiger partial charge on any atom is 0.242 e. The summed E-state index contributed by atoms with van der Waals surface area (Å²) in [6.07, 6.45) is 0. The zero-order valence-corrected chi connectivity index (χ0v) is 14.6. The van der Waals surface area contributed by atoms with Crippen LogP contribution in [0.3, 0.4) is 0 Å². The summed E-state index contributed by atoms with van der Waals surface area (Å²) in [7, 11) is 1.69. The van der Waals surface area contributed by atoms with Crippen LogP contribution >= 0.6 is 35.3 Å². The van der Waals surface area contributed by atoms with Crippen LogP contribution in [0, 0.1) is 5.92 Å². The average Bonchev–Trinajstić information content (AvgIpc) is 2.79. The Morgan fingerprint density at radius 3 is 2.52 bits per heavy atom. The van der Waals surface area contributed by atoms with Gasteiger partial charge in [0, 0.05) is 11.9 Å². The maximum atomic E-state index is 11.9. The first-order valence-electron chi connectivity index (χ1n) is 6.32. The first-order chi connectivity index (χ1) is 9.31. The number of carbonyl (C=O) groups is 2. The fourth-order valence-corrected chi connectivity index (χ4v) is 2.62. The van der Waals surface area contributed by atoms with E-state index in [9.17, 15) is 9.59 Å². The number of nitrogens with zero attached hydrogens (tertiary/aromatic N) is 1. The molecule has 0 spiro atoms. The highest BCUT2D eigenvalue weighted by molar-refractivity contribution is 7.16. The SMILES string of the molecule is CC(C)[C@H](N)C(=O)NCC(=O)N(C)Cc1ccc(Cl)s1.Cl. The standard InChI is InChI=1S/C13H20ClN3O2S.ClH/c1-8(2)12(15)13(19)16-6-11(18)17(3)7-9-4-5-10(14)20-9;/h4-5,8,12H,6-7,15H2,1-3H3,(H,16,19);1H/t12-;/m0./s1. The highest BCUT2D eigenvalue weighted by Crippen LogP contribution is 2.22. The van der Waals surface area contributed by atoms with Crippen molar-refractivity contribution in [3.8, 4) is 0 Å². The van der Waals surface area contributed by atoms with Crippen LogP contribution in [-0.4, -0.2) is 36.3 Å². The molecule has 21 heavy (non-hydrogen) atoms. The number of hydrogen-bond acceptors (Lipinski definition) is 4. The number of nitrogens with one attached hydrogen (secondary N) is 1. The van der Waals surface area contributed by atoms with Crippen molar-refractivity contribution in [2.75, 3.05) is 13.6 Å². The summed E-state index contributed by atoms with van der Waals surface area (Å²) in [6.45, 7) is 4.15. The fourth-order valence-electron chi connectivity index (χ4n) is 1.48. The monoisotopic (exact) mass is 353 g/mol. The molecule has 8 heteroatoms. The van der Waals surface area contributed by atoms with Crippen molar-refractivity contribution in [1.82, 2.24) is 10.2 Å². The Morgan fingerprint density at radius 1 is 1.43 bits per heavy atom. The Labute approximate surface area is 140 Å². The highest BCUT2D eigenvalue weighted by Gasteiger charge is 2.18. The fraction of sp³-hybridized carbons (Fsp3) is 0.538. The number of hydrogen-bond donors (Lipinski definition) is 2. The lowest BCUT2D eigenvalue weighted by atomic mass is 10.1. The van der Waals surface area contributed by atoms with Crippen LogP contribution in [0.2, 0.25) is 4.34 Å². The summed E-state index contributed by atoms with van der Waals surface area (Å²) in [5, 5.41) is 2.56. The van der Waals surface area contributed by atoms with Gasteiger partial charge in [-0.25, -0.2) is 0 Å². The molecular formula is C13H21Cl2N3O2S. The number of amides is 2. The number of thiophene rings is 1. The second-order valence-electron chi connectivity index (χ2n) is 4.94. The van der Waals surface area contributed by atoms with E-state index in [4.69, 9.17) is 17.3 Å². The Balaban J connectivity index is 0.00000400. The van der Waals surface area contributed by atoms with E-state index in [2.05, 4.69) is 5.32 Å². The number of carbonyl (C=O) groups excluding carboxylic acids is 2. The third kappa shape index (κ3) is 6.65. The maximum absolute atomic E-state index is 11.9. The second kappa shape index (κ2) is 9.25. The zero-order chi connectivity index (χ0) is 15.3. The molecule has 1 aromatic heterocycles. The zero-order valence-electron chi connectivity index (χ0n) is 12.3. The van der Waals surface area contributed by atoms with Crippen LogP contribution in [0.5, 0.6) is 0 Å². The van der Waals surface area contributed by atoms with E-state index < -0.39 is 6.04 Å². The third-order valence-corrected chi connectivity index (χ3v) is 4.10.